The van der Waals surface area contributed by atoms with E-state index in [4.69, 9.17) is 0 Å². The molecule has 0 aromatic carbocycles. The van der Waals surface area contributed by atoms with E-state index in [2.05, 4.69) is 16.2 Å². The average molecular weight is 138 g/mol. The van der Waals surface area contributed by atoms with Gasteiger partial charge in [-0.1, -0.05) is 0 Å². The first-order valence-electron chi connectivity index (χ1n) is 1.39. The minimum atomic E-state index is -1.19. The van der Waals surface area contributed by atoms with Gasteiger partial charge in [0.1, 0.15) is 0 Å². The maximum Gasteiger partial charge on any atom is 0.413 e. The highest BCUT2D eigenvalue weighted by Gasteiger charge is 1.95. The number of hydrogen-bond acceptors (Lipinski definition) is 5. The van der Waals surface area contributed by atoms with Gasteiger partial charge in [0.25, 0.3) is 0 Å². The predicted octanol–water partition coefficient (Wildman–Crippen LogP) is -0.516. The third-order valence-electron chi connectivity index (χ3n) is 0.201. The van der Waals surface area contributed by atoms with Crippen LogP contribution in [0.3, 0.4) is 0 Å². The molecule has 0 unspecified atom stereocenters. The Hall–Kier alpha value is -1.34. The van der Waals surface area contributed by atoms with E-state index < -0.39 is 12.2 Å². The van der Waals surface area contributed by atoms with Crippen LogP contribution < -0.4 is 23.8 Å². The van der Waals surface area contributed by atoms with Gasteiger partial charge in [-0.25, -0.2) is 9.59 Å². The molecule has 56 valence electrons. The van der Waals surface area contributed by atoms with Crippen molar-refractivity contribution in [1.82, 2.24) is 12.3 Å². The maximum absolute atomic E-state index is 9.51. The lowest BCUT2D eigenvalue weighted by atomic mass is 11.1. The Morgan fingerprint density at radius 2 is 1.22 bits per heavy atom. The molecule has 2 amide bonds. The number of amides is 2. The molecule has 0 heterocycles. The quantitative estimate of drug-likeness (QED) is 0.330. The van der Waals surface area contributed by atoms with Crippen LogP contribution in [0.2, 0.25) is 0 Å². The van der Waals surface area contributed by atoms with Gasteiger partial charge in [0.15, 0.2) is 0 Å². The molecule has 0 saturated heterocycles. The maximum atomic E-state index is 9.51. The lowest BCUT2D eigenvalue weighted by Gasteiger charge is -1.87. The van der Waals surface area contributed by atoms with Crippen molar-refractivity contribution in [1.29, 1.82) is 0 Å². The molecule has 0 atom stereocenters. The van der Waals surface area contributed by atoms with Gasteiger partial charge in [-0.2, -0.15) is 0 Å². The summed E-state index contributed by atoms with van der Waals surface area (Å²) in [4.78, 5) is 19.0. The molecule has 7 heteroatoms. The van der Waals surface area contributed by atoms with Crippen molar-refractivity contribution < 1.29 is 14.3 Å². The molecule has 9 heavy (non-hydrogen) atoms. The fraction of sp³-hybridized carbons (Fsp3) is 0. The smallest absolute Gasteiger partial charge is 0.360 e. The molecule has 0 spiro atoms. The minimum Gasteiger partial charge on any atom is -0.360 e. The highest BCUT2D eigenvalue weighted by atomic mass is 16.6. The molecule has 0 aliphatic heterocycles. The largest absolute Gasteiger partial charge is 0.413 e. The zero-order valence-corrected chi connectivity index (χ0v) is 4.79. The summed E-state index contributed by atoms with van der Waals surface area (Å²) in [5.74, 6) is 0. The molecule has 0 aliphatic rings. The molecular weight excluding hydrogens is 128 g/mol. The van der Waals surface area contributed by atoms with Crippen molar-refractivity contribution in [2.45, 2.75) is 0 Å². The summed E-state index contributed by atoms with van der Waals surface area (Å²) in [5, 5.41) is 0. The second kappa shape index (κ2) is 6.66. The summed E-state index contributed by atoms with van der Waals surface area (Å²) in [6, 6.07) is 0. The Balaban J connectivity index is -0.000000180. The van der Waals surface area contributed by atoms with Gasteiger partial charge in [-0.3, -0.25) is 0 Å². The summed E-state index contributed by atoms with van der Waals surface area (Å²) < 4.78 is 3.53. The van der Waals surface area contributed by atoms with E-state index in [1.54, 1.807) is 0 Å². The molecule has 0 bridgehead atoms. The van der Waals surface area contributed by atoms with E-state index in [-0.39, 0.29) is 12.3 Å². The van der Waals surface area contributed by atoms with Crippen LogP contribution in [0.5, 0.6) is 0 Å². The highest BCUT2D eigenvalue weighted by Crippen LogP contribution is 1.67. The molecule has 0 radical (unpaired) electrons. The molecular formula is C2H10N4O3. The Kier molecular flexibility index (Phi) is 11.6. The molecule has 0 fully saturated rings. The van der Waals surface area contributed by atoms with Crippen molar-refractivity contribution in [3.8, 4) is 0 Å². The van der Waals surface area contributed by atoms with E-state index in [0.717, 1.165) is 0 Å². The standard InChI is InChI=1S/C2H4N2O3.2H3N/c3-1(5)7-2(4)6;;/h(H2,3,5)(H2,4,6);2*1H3. The Morgan fingerprint density at radius 3 is 1.22 bits per heavy atom. The first-order chi connectivity index (χ1) is 3.13. The zero-order valence-electron chi connectivity index (χ0n) is 4.79. The van der Waals surface area contributed by atoms with E-state index in [1.165, 1.54) is 0 Å². The van der Waals surface area contributed by atoms with Crippen LogP contribution in [0.1, 0.15) is 0 Å². The number of ether oxygens (including phenoxy) is 1. The van der Waals surface area contributed by atoms with Crippen molar-refractivity contribution in [3.05, 3.63) is 0 Å². The van der Waals surface area contributed by atoms with Crippen LogP contribution in [0.25, 0.3) is 0 Å². The number of primary amides is 2. The molecule has 0 aromatic heterocycles. The SMILES string of the molecule is N.N.NC(=O)OC(N)=O. The lowest BCUT2D eigenvalue weighted by molar-refractivity contribution is 0.164. The van der Waals surface area contributed by atoms with Crippen molar-refractivity contribution in [2.75, 3.05) is 0 Å². The van der Waals surface area contributed by atoms with Crippen LogP contribution in [-0.2, 0) is 4.74 Å². The number of hydrogen-bond donors (Lipinski definition) is 4. The van der Waals surface area contributed by atoms with Crippen LogP contribution in [0.4, 0.5) is 9.59 Å². The fourth-order valence-electron chi connectivity index (χ4n) is 0.0991. The summed E-state index contributed by atoms with van der Waals surface area (Å²) >= 11 is 0. The van der Waals surface area contributed by atoms with E-state index >= 15 is 0 Å². The molecule has 0 aliphatic carbocycles. The highest BCUT2D eigenvalue weighted by molar-refractivity contribution is 5.81. The summed E-state index contributed by atoms with van der Waals surface area (Å²) in [6.45, 7) is 0. The van der Waals surface area contributed by atoms with Gasteiger partial charge in [-0.05, 0) is 0 Å². The van der Waals surface area contributed by atoms with Gasteiger partial charge >= 0.3 is 12.2 Å². The average Bonchev–Trinajstić information content (AvgIpc) is 1.27. The molecule has 7 nitrogen and oxygen atoms in total. The second-order valence-corrected chi connectivity index (χ2v) is 0.740. The van der Waals surface area contributed by atoms with E-state index in [9.17, 15) is 9.59 Å². The van der Waals surface area contributed by atoms with Gasteiger partial charge in [0.2, 0.25) is 0 Å². The Morgan fingerprint density at radius 1 is 1.00 bits per heavy atom. The van der Waals surface area contributed by atoms with E-state index in [1.807, 2.05) is 0 Å². The predicted molar refractivity (Wildman–Crippen MR) is 30.3 cm³/mol. The number of nitrogens with two attached hydrogens (primary N) is 2. The molecule has 0 saturated carbocycles. The normalized spacial score (nSPS) is 5.78. The van der Waals surface area contributed by atoms with Gasteiger partial charge in [0.05, 0.1) is 0 Å². The molecule has 0 aromatic rings. The van der Waals surface area contributed by atoms with Gasteiger partial charge in [-0.15, -0.1) is 0 Å². The Bertz CT molecular complexity index is 90.0. The molecule has 10 N–H and O–H groups in total. The Labute approximate surface area is 51.5 Å². The van der Waals surface area contributed by atoms with Gasteiger partial charge < -0.3 is 28.5 Å². The van der Waals surface area contributed by atoms with Crippen molar-refractivity contribution in [2.24, 2.45) is 11.5 Å². The van der Waals surface area contributed by atoms with Crippen molar-refractivity contribution >= 4 is 12.2 Å². The number of rotatable bonds is 0. The number of carbonyl (C=O) groups is 2. The van der Waals surface area contributed by atoms with Crippen LogP contribution >= 0.6 is 0 Å². The van der Waals surface area contributed by atoms with Crippen LogP contribution in [0, 0.1) is 0 Å². The zero-order chi connectivity index (χ0) is 5.86. The third kappa shape index (κ3) is 20.4. The van der Waals surface area contributed by atoms with Crippen LogP contribution in [-0.4, -0.2) is 12.2 Å². The first-order valence-corrected chi connectivity index (χ1v) is 1.39. The summed E-state index contributed by atoms with van der Waals surface area (Å²) in [6.07, 6.45) is -2.38. The van der Waals surface area contributed by atoms with E-state index in [0.29, 0.717) is 0 Å². The van der Waals surface area contributed by atoms with Crippen LogP contribution in [0.15, 0.2) is 0 Å². The summed E-state index contributed by atoms with van der Waals surface area (Å²) in [5.41, 5.74) is 8.66. The summed E-state index contributed by atoms with van der Waals surface area (Å²) in [7, 11) is 0. The van der Waals surface area contributed by atoms with Crippen molar-refractivity contribution in [3.63, 3.8) is 0 Å². The third-order valence-corrected chi connectivity index (χ3v) is 0.201. The monoisotopic (exact) mass is 138 g/mol. The lowest BCUT2D eigenvalue weighted by Crippen LogP contribution is -2.22. The second-order valence-electron chi connectivity index (χ2n) is 0.740. The fourth-order valence-corrected chi connectivity index (χ4v) is 0.0991. The topological polar surface area (TPSA) is 165 Å². The minimum absolute atomic E-state index is 0. The molecule has 0 rings (SSSR count). The first kappa shape index (κ1) is 15.6. The number of carbonyl (C=O) groups excluding carboxylic acids is 2. The van der Waals surface area contributed by atoms with Gasteiger partial charge in [0, 0.05) is 0 Å².